The number of hydrogen-bond acceptors (Lipinski definition) is 4. The second-order valence-corrected chi connectivity index (χ2v) is 3.92. The van der Waals surface area contributed by atoms with Crippen LogP contribution in [0.2, 0.25) is 0 Å². The summed E-state index contributed by atoms with van der Waals surface area (Å²) in [6.07, 6.45) is 1.89. The molecule has 5 heteroatoms. The van der Waals surface area contributed by atoms with E-state index in [-0.39, 0.29) is 5.97 Å². The first-order valence-electron chi connectivity index (χ1n) is 6.72. The molecule has 1 atom stereocenters. The summed E-state index contributed by atoms with van der Waals surface area (Å²) in [5.74, 6) is -0.357. The van der Waals surface area contributed by atoms with Crippen molar-refractivity contribution in [1.82, 2.24) is 4.90 Å². The molecule has 0 fully saturated rings. The minimum absolute atomic E-state index is 0.306. The van der Waals surface area contributed by atoms with Crippen LogP contribution in [0.1, 0.15) is 47.0 Å². The lowest BCUT2D eigenvalue weighted by Crippen LogP contribution is -2.46. The van der Waals surface area contributed by atoms with E-state index in [1.54, 1.807) is 13.8 Å². The second-order valence-electron chi connectivity index (χ2n) is 3.92. The summed E-state index contributed by atoms with van der Waals surface area (Å²) in [5.41, 5.74) is 0. The van der Waals surface area contributed by atoms with Gasteiger partial charge in [-0.1, -0.05) is 20.3 Å². The number of esters is 1. The molecule has 1 amide bonds. The average molecular weight is 259 g/mol. The van der Waals surface area contributed by atoms with E-state index < -0.39 is 12.1 Å². The molecule has 1 unspecified atom stereocenters. The number of hydrogen-bond donors (Lipinski definition) is 0. The summed E-state index contributed by atoms with van der Waals surface area (Å²) in [7, 11) is 0. The van der Waals surface area contributed by atoms with Crippen LogP contribution in [0.25, 0.3) is 0 Å². The fourth-order valence-corrected chi connectivity index (χ4v) is 1.66. The molecule has 5 nitrogen and oxygen atoms in total. The predicted molar refractivity (Wildman–Crippen MR) is 69.3 cm³/mol. The van der Waals surface area contributed by atoms with Crippen molar-refractivity contribution in [2.75, 3.05) is 19.8 Å². The summed E-state index contributed by atoms with van der Waals surface area (Å²) >= 11 is 0. The lowest BCUT2D eigenvalue weighted by atomic mass is 10.2. The van der Waals surface area contributed by atoms with Crippen LogP contribution < -0.4 is 0 Å². The van der Waals surface area contributed by atoms with Gasteiger partial charge in [0.1, 0.15) is 6.04 Å². The number of amides is 1. The lowest BCUT2D eigenvalue weighted by molar-refractivity contribution is -0.149. The second kappa shape index (κ2) is 9.74. The quantitative estimate of drug-likeness (QED) is 0.629. The molecule has 0 rings (SSSR count). The molecule has 0 bridgehead atoms. The van der Waals surface area contributed by atoms with Crippen LogP contribution in [0.5, 0.6) is 0 Å². The Hall–Kier alpha value is -1.26. The SMILES string of the molecule is CCCCN(C(=O)OCC)C(CC)C(=O)OCC. The Morgan fingerprint density at radius 2 is 1.67 bits per heavy atom. The number of rotatable bonds is 8. The molecule has 0 aromatic rings. The molecular formula is C13H25NO4. The maximum absolute atomic E-state index is 11.9. The Balaban J connectivity index is 4.76. The van der Waals surface area contributed by atoms with Crippen LogP contribution >= 0.6 is 0 Å². The Bertz CT molecular complexity index is 255. The van der Waals surface area contributed by atoms with Crippen molar-refractivity contribution in [3.63, 3.8) is 0 Å². The van der Waals surface area contributed by atoms with E-state index in [0.717, 1.165) is 12.8 Å². The van der Waals surface area contributed by atoms with Crippen molar-refractivity contribution in [3.8, 4) is 0 Å². The minimum Gasteiger partial charge on any atom is -0.464 e. The molecule has 0 heterocycles. The van der Waals surface area contributed by atoms with Gasteiger partial charge >= 0.3 is 12.1 Å². The maximum atomic E-state index is 11.9. The van der Waals surface area contributed by atoms with Crippen LogP contribution in [-0.4, -0.2) is 42.8 Å². The van der Waals surface area contributed by atoms with E-state index >= 15 is 0 Å². The lowest BCUT2D eigenvalue weighted by Gasteiger charge is -2.28. The molecule has 0 saturated carbocycles. The molecule has 0 aliphatic carbocycles. The van der Waals surface area contributed by atoms with Gasteiger partial charge in [-0.2, -0.15) is 0 Å². The van der Waals surface area contributed by atoms with Gasteiger partial charge in [-0.3, -0.25) is 4.90 Å². The molecule has 18 heavy (non-hydrogen) atoms. The molecule has 0 spiro atoms. The van der Waals surface area contributed by atoms with Crippen LogP contribution in [0.4, 0.5) is 4.79 Å². The van der Waals surface area contributed by atoms with Crippen LogP contribution in [0.3, 0.4) is 0 Å². The third kappa shape index (κ3) is 5.38. The molecular weight excluding hydrogens is 234 g/mol. The number of carbonyl (C=O) groups excluding carboxylic acids is 2. The average Bonchev–Trinajstić information content (AvgIpc) is 2.34. The fraction of sp³-hybridized carbons (Fsp3) is 0.846. The highest BCUT2D eigenvalue weighted by atomic mass is 16.6. The molecule has 0 aliphatic heterocycles. The predicted octanol–water partition coefficient (Wildman–Crippen LogP) is 2.59. The standard InChI is InChI=1S/C13H25NO4/c1-5-9-10-14(13(16)18-8-4)11(6-2)12(15)17-7-3/h11H,5-10H2,1-4H3. The summed E-state index contributed by atoms with van der Waals surface area (Å²) in [6, 6.07) is -0.546. The first-order chi connectivity index (χ1) is 8.62. The van der Waals surface area contributed by atoms with E-state index in [1.165, 1.54) is 4.90 Å². The van der Waals surface area contributed by atoms with E-state index in [1.807, 2.05) is 13.8 Å². The third-order valence-electron chi connectivity index (χ3n) is 2.58. The van der Waals surface area contributed by atoms with E-state index in [0.29, 0.717) is 26.2 Å². The van der Waals surface area contributed by atoms with Crippen molar-refractivity contribution >= 4 is 12.1 Å². The molecule has 106 valence electrons. The first-order valence-corrected chi connectivity index (χ1v) is 6.72. The van der Waals surface area contributed by atoms with Crippen LogP contribution in [0, 0.1) is 0 Å². The number of unbranched alkanes of at least 4 members (excludes halogenated alkanes) is 1. The van der Waals surface area contributed by atoms with Gasteiger partial charge in [0.2, 0.25) is 0 Å². The monoisotopic (exact) mass is 259 g/mol. The molecule has 0 N–H and O–H groups in total. The number of carbonyl (C=O) groups is 2. The van der Waals surface area contributed by atoms with Gasteiger partial charge in [-0.05, 0) is 26.7 Å². The van der Waals surface area contributed by atoms with E-state index in [9.17, 15) is 9.59 Å². The smallest absolute Gasteiger partial charge is 0.410 e. The molecule has 0 radical (unpaired) electrons. The summed E-state index contributed by atoms with van der Waals surface area (Å²) in [4.78, 5) is 25.1. The molecule has 0 saturated heterocycles. The Labute approximate surface area is 109 Å². The van der Waals surface area contributed by atoms with Crippen LogP contribution in [0.15, 0.2) is 0 Å². The van der Waals surface area contributed by atoms with Gasteiger partial charge in [0.15, 0.2) is 0 Å². The van der Waals surface area contributed by atoms with Gasteiger partial charge in [-0.15, -0.1) is 0 Å². The third-order valence-corrected chi connectivity index (χ3v) is 2.58. The topological polar surface area (TPSA) is 55.8 Å². The van der Waals surface area contributed by atoms with E-state index in [4.69, 9.17) is 9.47 Å². The number of ether oxygens (including phenoxy) is 2. The Kier molecular flexibility index (Phi) is 9.06. The van der Waals surface area contributed by atoms with Gasteiger partial charge in [0, 0.05) is 6.54 Å². The highest BCUT2D eigenvalue weighted by Gasteiger charge is 2.29. The van der Waals surface area contributed by atoms with Crippen molar-refractivity contribution in [3.05, 3.63) is 0 Å². The van der Waals surface area contributed by atoms with Gasteiger partial charge < -0.3 is 9.47 Å². The minimum atomic E-state index is -0.546. The first kappa shape index (κ1) is 16.7. The van der Waals surface area contributed by atoms with Gasteiger partial charge in [0.25, 0.3) is 0 Å². The highest BCUT2D eigenvalue weighted by molar-refractivity contribution is 5.81. The normalized spacial score (nSPS) is 11.8. The number of nitrogens with zero attached hydrogens (tertiary/aromatic N) is 1. The van der Waals surface area contributed by atoms with Crippen molar-refractivity contribution in [2.24, 2.45) is 0 Å². The van der Waals surface area contributed by atoms with E-state index in [2.05, 4.69) is 0 Å². The van der Waals surface area contributed by atoms with Crippen molar-refractivity contribution in [2.45, 2.75) is 53.0 Å². The fourth-order valence-electron chi connectivity index (χ4n) is 1.66. The zero-order valence-corrected chi connectivity index (χ0v) is 11.9. The zero-order chi connectivity index (χ0) is 14.0. The van der Waals surface area contributed by atoms with Crippen molar-refractivity contribution < 1.29 is 19.1 Å². The molecule has 0 aliphatic rings. The van der Waals surface area contributed by atoms with Gasteiger partial charge in [0.05, 0.1) is 13.2 Å². The summed E-state index contributed by atoms with van der Waals surface area (Å²) in [5, 5.41) is 0. The van der Waals surface area contributed by atoms with Gasteiger partial charge in [-0.25, -0.2) is 9.59 Å². The van der Waals surface area contributed by atoms with Crippen LogP contribution in [-0.2, 0) is 14.3 Å². The summed E-state index contributed by atoms with van der Waals surface area (Å²) < 4.78 is 9.99. The largest absolute Gasteiger partial charge is 0.464 e. The Morgan fingerprint density at radius 3 is 2.11 bits per heavy atom. The highest BCUT2D eigenvalue weighted by Crippen LogP contribution is 2.11. The summed E-state index contributed by atoms with van der Waals surface area (Å²) in [6.45, 7) is 8.55. The molecule has 0 aromatic heterocycles. The molecule has 0 aromatic carbocycles. The van der Waals surface area contributed by atoms with Crippen molar-refractivity contribution in [1.29, 1.82) is 0 Å². The maximum Gasteiger partial charge on any atom is 0.410 e. The zero-order valence-electron chi connectivity index (χ0n) is 11.9. The Morgan fingerprint density at radius 1 is 1.06 bits per heavy atom.